The van der Waals surface area contributed by atoms with Gasteiger partial charge in [-0.2, -0.15) is 0 Å². The molecule has 2 heteroatoms. The van der Waals surface area contributed by atoms with Crippen molar-refractivity contribution in [3.8, 4) is 0 Å². The summed E-state index contributed by atoms with van der Waals surface area (Å²) in [6, 6.07) is 18.9. The molecule has 1 atom stereocenters. The molecule has 0 aliphatic heterocycles. The lowest BCUT2D eigenvalue weighted by atomic mass is 10.2. The highest BCUT2D eigenvalue weighted by Crippen LogP contribution is 2.19. The van der Waals surface area contributed by atoms with Gasteiger partial charge in [-0.25, -0.2) is 0 Å². The second-order valence-corrected chi connectivity index (χ2v) is 6.18. The zero-order valence-electron chi connectivity index (χ0n) is 8.55. The van der Waals surface area contributed by atoms with E-state index in [1.165, 1.54) is 16.2 Å². The Morgan fingerprint density at radius 3 is 1.93 bits per heavy atom. The highest BCUT2D eigenvalue weighted by Gasteiger charge is 2.01. The van der Waals surface area contributed by atoms with Crippen molar-refractivity contribution in [2.24, 2.45) is 0 Å². The molecule has 75 valence electrons. The Kier molecular flexibility index (Phi) is 3.25. The molecule has 0 amide bonds. The van der Waals surface area contributed by atoms with Gasteiger partial charge in [-0.1, -0.05) is 47.7 Å². The van der Waals surface area contributed by atoms with Crippen molar-refractivity contribution in [3.05, 3.63) is 60.2 Å². The van der Waals surface area contributed by atoms with E-state index in [0.717, 1.165) is 0 Å². The minimum absolute atomic E-state index is 0.600. The molecule has 0 heterocycles. The molecule has 1 radical (unpaired) electrons. The second-order valence-electron chi connectivity index (χ2n) is 3.47. The lowest BCUT2D eigenvalue weighted by Gasteiger charge is -2.04. The summed E-state index contributed by atoms with van der Waals surface area (Å²) in [5, 5.41) is 2.52. The number of hydrogen-bond donors (Lipinski definition) is 0. The molecule has 0 aliphatic carbocycles. The van der Waals surface area contributed by atoms with Gasteiger partial charge in [-0.15, -0.1) is 0 Å². The van der Waals surface area contributed by atoms with E-state index < -0.39 is 6.70 Å². The van der Waals surface area contributed by atoms with Crippen molar-refractivity contribution >= 4 is 29.1 Å². The highest BCUT2D eigenvalue weighted by atomic mass is 32.4. The number of hydrogen-bond acceptors (Lipinski definition) is 1. The van der Waals surface area contributed by atoms with Gasteiger partial charge >= 0.3 is 0 Å². The van der Waals surface area contributed by atoms with Crippen LogP contribution in [-0.4, -0.2) is 0 Å². The van der Waals surface area contributed by atoms with Crippen LogP contribution in [0.5, 0.6) is 0 Å². The van der Waals surface area contributed by atoms with E-state index in [0.29, 0.717) is 0 Å². The first-order valence-corrected chi connectivity index (χ1v) is 7.22. The summed E-state index contributed by atoms with van der Waals surface area (Å²) < 4.78 is 0. The number of benzene rings is 2. The van der Waals surface area contributed by atoms with E-state index in [1.54, 1.807) is 0 Å². The van der Waals surface area contributed by atoms with Crippen molar-refractivity contribution < 1.29 is 0 Å². The zero-order chi connectivity index (χ0) is 10.7. The summed E-state index contributed by atoms with van der Waals surface area (Å²) >= 11 is 5.58. The molecule has 0 spiro atoms. The van der Waals surface area contributed by atoms with Crippen LogP contribution in [0, 0.1) is 6.92 Å². The molecule has 0 N–H and O–H groups in total. The fraction of sp³-hybridized carbons (Fsp3) is 0.0769. The molecule has 0 saturated carbocycles. The van der Waals surface area contributed by atoms with Crippen LogP contribution in [0.4, 0.5) is 0 Å². The van der Waals surface area contributed by atoms with Crippen LogP contribution in [0.25, 0.3) is 0 Å². The maximum Gasteiger partial charge on any atom is 0.00860 e. The smallest absolute Gasteiger partial charge is 0.00860 e. The third kappa shape index (κ3) is 2.50. The summed E-state index contributed by atoms with van der Waals surface area (Å²) in [4.78, 5) is 0. The summed E-state index contributed by atoms with van der Waals surface area (Å²) in [7, 11) is 0. The quantitative estimate of drug-likeness (QED) is 0.716. The summed E-state index contributed by atoms with van der Waals surface area (Å²) in [6.07, 6.45) is 0. The topological polar surface area (TPSA) is 0 Å². The fourth-order valence-corrected chi connectivity index (χ4v) is 3.28. The van der Waals surface area contributed by atoms with Gasteiger partial charge in [0.05, 0.1) is 0 Å². The first-order valence-electron chi connectivity index (χ1n) is 4.86. The fourth-order valence-electron chi connectivity index (χ4n) is 1.39. The monoisotopic (exact) mass is 231 g/mol. The Morgan fingerprint density at radius 2 is 1.33 bits per heavy atom. The van der Waals surface area contributed by atoms with Gasteiger partial charge in [-0.05, 0) is 37.9 Å². The van der Waals surface area contributed by atoms with Crippen LogP contribution in [0.15, 0.2) is 54.6 Å². The average molecular weight is 231 g/mol. The second kappa shape index (κ2) is 4.65. The molecule has 0 aliphatic rings. The molecule has 2 aromatic carbocycles. The van der Waals surface area contributed by atoms with Crippen molar-refractivity contribution in [2.75, 3.05) is 0 Å². The van der Waals surface area contributed by atoms with Crippen LogP contribution in [0.1, 0.15) is 5.56 Å². The minimum Gasteiger partial charge on any atom is -0.0622 e. The van der Waals surface area contributed by atoms with E-state index in [1.807, 2.05) is 18.2 Å². The van der Waals surface area contributed by atoms with Crippen LogP contribution in [-0.2, 0) is 11.8 Å². The van der Waals surface area contributed by atoms with Gasteiger partial charge < -0.3 is 0 Å². The number of rotatable bonds is 2. The summed E-state index contributed by atoms with van der Waals surface area (Å²) in [6.45, 7) is 1.50. The Morgan fingerprint density at radius 1 is 0.800 bits per heavy atom. The molecular formula is C13H12PS. The molecule has 1 unspecified atom stereocenters. The number of aryl methyl sites for hydroxylation is 1. The van der Waals surface area contributed by atoms with E-state index in [4.69, 9.17) is 11.8 Å². The van der Waals surface area contributed by atoms with Crippen molar-refractivity contribution in [1.29, 1.82) is 0 Å². The largest absolute Gasteiger partial charge is 0.0622 e. The van der Waals surface area contributed by atoms with Gasteiger partial charge in [0.1, 0.15) is 0 Å². The van der Waals surface area contributed by atoms with E-state index in [-0.39, 0.29) is 0 Å². The maximum atomic E-state index is 5.58. The third-order valence-electron chi connectivity index (χ3n) is 2.26. The van der Waals surface area contributed by atoms with E-state index in [2.05, 4.69) is 43.3 Å². The first-order chi connectivity index (χ1) is 7.27. The maximum absolute atomic E-state index is 5.58. The molecule has 0 aromatic heterocycles. The highest BCUT2D eigenvalue weighted by molar-refractivity contribution is 8.12. The molecule has 0 fully saturated rings. The van der Waals surface area contributed by atoms with Gasteiger partial charge in [0.25, 0.3) is 0 Å². The van der Waals surface area contributed by atoms with Crippen LogP contribution in [0.3, 0.4) is 0 Å². The standard InChI is InChI=1S/C13H12PS/c1-11-7-9-13(10-8-11)14(15)12-5-3-2-4-6-12/h2-10H,1H3. The van der Waals surface area contributed by atoms with Crippen molar-refractivity contribution in [3.63, 3.8) is 0 Å². The van der Waals surface area contributed by atoms with Crippen LogP contribution in [0.2, 0.25) is 0 Å². The van der Waals surface area contributed by atoms with Crippen LogP contribution < -0.4 is 10.6 Å². The molecule has 0 bridgehead atoms. The molecule has 0 saturated heterocycles. The first kappa shape index (κ1) is 10.5. The molecule has 15 heavy (non-hydrogen) atoms. The SMILES string of the molecule is Cc1ccc([P](=S)c2ccccc2)cc1. The van der Waals surface area contributed by atoms with Gasteiger partial charge in [-0.3, -0.25) is 0 Å². The Balaban J connectivity index is 2.33. The van der Waals surface area contributed by atoms with E-state index >= 15 is 0 Å². The Labute approximate surface area is 96.4 Å². The van der Waals surface area contributed by atoms with Crippen molar-refractivity contribution in [2.45, 2.75) is 6.92 Å². The summed E-state index contributed by atoms with van der Waals surface area (Å²) in [5.41, 5.74) is 1.28. The lowest BCUT2D eigenvalue weighted by molar-refractivity contribution is 1.49. The summed E-state index contributed by atoms with van der Waals surface area (Å²) in [5.74, 6) is 0. The predicted molar refractivity (Wildman–Crippen MR) is 71.2 cm³/mol. The average Bonchev–Trinajstić information content (AvgIpc) is 2.30. The minimum atomic E-state index is -0.600. The molecule has 2 aromatic rings. The van der Waals surface area contributed by atoms with Gasteiger partial charge in [0.2, 0.25) is 0 Å². The Bertz CT molecular complexity index is 460. The molecule has 2 rings (SSSR count). The predicted octanol–water partition coefficient (Wildman–Crippen LogP) is 2.89. The Hall–Kier alpha value is -1.04. The van der Waals surface area contributed by atoms with Gasteiger partial charge in [0.15, 0.2) is 0 Å². The normalized spacial score (nSPS) is 11.1. The third-order valence-corrected chi connectivity index (χ3v) is 5.06. The van der Waals surface area contributed by atoms with Gasteiger partial charge in [0, 0.05) is 10.6 Å². The zero-order valence-corrected chi connectivity index (χ0v) is 10.3. The molecular weight excluding hydrogens is 219 g/mol. The van der Waals surface area contributed by atoms with Crippen LogP contribution >= 0.6 is 6.70 Å². The van der Waals surface area contributed by atoms with E-state index in [9.17, 15) is 0 Å². The lowest BCUT2D eigenvalue weighted by Crippen LogP contribution is -2.05. The van der Waals surface area contributed by atoms with Crippen molar-refractivity contribution in [1.82, 2.24) is 0 Å². The molecule has 0 nitrogen and oxygen atoms in total.